The fraction of sp³-hybridized carbons (Fsp3) is 0.667. The van der Waals surface area contributed by atoms with E-state index in [1.807, 2.05) is 4.90 Å². The zero-order valence-electron chi connectivity index (χ0n) is 7.26. The van der Waals surface area contributed by atoms with Crippen LogP contribution in [0.2, 0.25) is 0 Å². The van der Waals surface area contributed by atoms with E-state index in [0.717, 1.165) is 25.1 Å². The smallest absolute Gasteiger partial charge is 0.249 e. The monoisotopic (exact) mass is 153 g/mol. The average molecular weight is 153 g/mol. The summed E-state index contributed by atoms with van der Waals surface area (Å²) in [5.74, 6) is 0.508. The molecule has 0 radical (unpaired) electrons. The van der Waals surface area contributed by atoms with Gasteiger partial charge in [0.05, 0.1) is 0 Å². The molecule has 0 aromatic heterocycles. The number of carbonyl (C=O) groups excluding carboxylic acids is 1. The van der Waals surface area contributed by atoms with E-state index >= 15 is 0 Å². The van der Waals surface area contributed by atoms with Gasteiger partial charge < -0.3 is 4.90 Å². The van der Waals surface area contributed by atoms with Crippen LogP contribution in [0.5, 0.6) is 0 Å². The molecule has 1 atom stereocenters. The minimum Gasteiger partial charge on any atom is -0.338 e. The fourth-order valence-corrected chi connectivity index (χ4v) is 1.40. The van der Waals surface area contributed by atoms with Crippen LogP contribution in [0.3, 0.4) is 0 Å². The molecule has 1 heterocycles. The van der Waals surface area contributed by atoms with Crippen LogP contribution in [0.1, 0.15) is 20.3 Å². The van der Waals surface area contributed by atoms with Gasteiger partial charge in [-0.1, -0.05) is 20.4 Å². The topological polar surface area (TPSA) is 20.3 Å². The van der Waals surface area contributed by atoms with E-state index in [0.29, 0.717) is 5.92 Å². The third-order valence-corrected chi connectivity index (χ3v) is 2.14. The Balaban J connectivity index is 2.60. The Kier molecular flexibility index (Phi) is 2.32. The fourth-order valence-electron chi connectivity index (χ4n) is 1.40. The zero-order valence-corrected chi connectivity index (χ0v) is 7.26. The van der Waals surface area contributed by atoms with E-state index in [4.69, 9.17) is 0 Å². The molecule has 1 aliphatic rings. The molecule has 0 aromatic rings. The first-order valence-electron chi connectivity index (χ1n) is 4.15. The summed E-state index contributed by atoms with van der Waals surface area (Å²) in [7, 11) is 0. The Morgan fingerprint density at radius 2 is 2.36 bits per heavy atom. The van der Waals surface area contributed by atoms with Gasteiger partial charge >= 0.3 is 0 Å². The summed E-state index contributed by atoms with van der Waals surface area (Å²) in [6.45, 7) is 9.64. The first-order chi connectivity index (χ1) is 5.16. The molecule has 11 heavy (non-hydrogen) atoms. The molecule has 1 fully saturated rings. The molecule has 1 saturated heterocycles. The molecule has 0 aromatic carbocycles. The molecule has 1 aliphatic heterocycles. The molecule has 2 heteroatoms. The van der Waals surface area contributed by atoms with Crippen molar-refractivity contribution in [3.63, 3.8) is 0 Å². The molecule has 1 amide bonds. The maximum atomic E-state index is 11.3. The Hall–Kier alpha value is -0.790. The summed E-state index contributed by atoms with van der Waals surface area (Å²) in [5.41, 5.74) is 0.776. The second-order valence-electron chi connectivity index (χ2n) is 3.18. The van der Waals surface area contributed by atoms with Gasteiger partial charge in [-0.3, -0.25) is 4.79 Å². The Labute approximate surface area is 67.9 Å². The van der Waals surface area contributed by atoms with Gasteiger partial charge in [-0.05, 0) is 6.42 Å². The van der Waals surface area contributed by atoms with E-state index in [2.05, 4.69) is 20.4 Å². The van der Waals surface area contributed by atoms with Crippen molar-refractivity contribution in [3.8, 4) is 0 Å². The summed E-state index contributed by atoms with van der Waals surface area (Å²) in [6, 6.07) is 0. The molecule has 62 valence electrons. The molecular weight excluding hydrogens is 138 g/mol. The zero-order chi connectivity index (χ0) is 8.43. The number of rotatable bonds is 2. The molecule has 0 N–H and O–H groups in total. The molecule has 0 aliphatic carbocycles. The number of likely N-dealkylation sites (tertiary alicyclic amines) is 1. The van der Waals surface area contributed by atoms with Gasteiger partial charge in [-0.2, -0.15) is 0 Å². The molecular formula is C9H15NO. The van der Waals surface area contributed by atoms with E-state index < -0.39 is 0 Å². The van der Waals surface area contributed by atoms with Crippen molar-refractivity contribution in [3.05, 3.63) is 12.2 Å². The van der Waals surface area contributed by atoms with Gasteiger partial charge in [0.1, 0.15) is 0 Å². The van der Waals surface area contributed by atoms with Gasteiger partial charge in [-0.15, -0.1) is 0 Å². The standard InChI is InChI=1S/C9H15NO/c1-4-5-10-6-7(2)8(3)9(10)11/h7H,3-6H2,1-2H3. The summed E-state index contributed by atoms with van der Waals surface area (Å²) >= 11 is 0. The van der Waals surface area contributed by atoms with Crippen molar-refractivity contribution in [2.75, 3.05) is 13.1 Å². The lowest BCUT2D eigenvalue weighted by Crippen LogP contribution is -2.25. The molecule has 2 nitrogen and oxygen atoms in total. The van der Waals surface area contributed by atoms with Crippen LogP contribution in [-0.2, 0) is 4.79 Å². The predicted molar refractivity (Wildman–Crippen MR) is 45.2 cm³/mol. The van der Waals surface area contributed by atoms with E-state index in [9.17, 15) is 4.79 Å². The number of carbonyl (C=O) groups is 1. The van der Waals surface area contributed by atoms with Crippen LogP contribution in [-0.4, -0.2) is 23.9 Å². The molecule has 1 unspecified atom stereocenters. The van der Waals surface area contributed by atoms with Crippen molar-refractivity contribution in [1.82, 2.24) is 4.90 Å². The lowest BCUT2D eigenvalue weighted by Gasteiger charge is -2.13. The predicted octanol–water partition coefficient (Wildman–Crippen LogP) is 1.43. The first kappa shape index (κ1) is 8.31. The van der Waals surface area contributed by atoms with E-state index in [-0.39, 0.29) is 5.91 Å². The van der Waals surface area contributed by atoms with Crippen LogP contribution in [0.25, 0.3) is 0 Å². The van der Waals surface area contributed by atoms with E-state index in [1.54, 1.807) is 0 Å². The van der Waals surface area contributed by atoms with Crippen molar-refractivity contribution in [2.45, 2.75) is 20.3 Å². The Morgan fingerprint density at radius 1 is 1.73 bits per heavy atom. The van der Waals surface area contributed by atoms with Crippen LogP contribution < -0.4 is 0 Å². The highest BCUT2D eigenvalue weighted by molar-refractivity contribution is 5.95. The Morgan fingerprint density at radius 3 is 2.73 bits per heavy atom. The van der Waals surface area contributed by atoms with Crippen molar-refractivity contribution >= 4 is 5.91 Å². The second-order valence-corrected chi connectivity index (χ2v) is 3.18. The third kappa shape index (κ3) is 1.44. The lowest BCUT2D eigenvalue weighted by atomic mass is 10.1. The highest BCUT2D eigenvalue weighted by Gasteiger charge is 2.29. The van der Waals surface area contributed by atoms with Crippen molar-refractivity contribution in [1.29, 1.82) is 0 Å². The van der Waals surface area contributed by atoms with E-state index in [1.165, 1.54) is 0 Å². The lowest BCUT2D eigenvalue weighted by molar-refractivity contribution is -0.124. The number of hydrogen-bond acceptors (Lipinski definition) is 1. The Bertz CT molecular complexity index is 186. The van der Waals surface area contributed by atoms with Gasteiger partial charge in [0.15, 0.2) is 0 Å². The van der Waals surface area contributed by atoms with Crippen molar-refractivity contribution < 1.29 is 4.79 Å². The maximum absolute atomic E-state index is 11.3. The third-order valence-electron chi connectivity index (χ3n) is 2.14. The van der Waals surface area contributed by atoms with Crippen LogP contribution in [0.15, 0.2) is 12.2 Å². The molecule has 0 saturated carbocycles. The quantitative estimate of drug-likeness (QED) is 0.549. The molecule has 0 spiro atoms. The van der Waals surface area contributed by atoms with Gasteiger partial charge in [-0.25, -0.2) is 0 Å². The minimum atomic E-state index is 0.152. The normalized spacial score (nSPS) is 24.9. The number of hydrogen-bond donors (Lipinski definition) is 0. The highest BCUT2D eigenvalue weighted by atomic mass is 16.2. The maximum Gasteiger partial charge on any atom is 0.249 e. The molecule has 0 bridgehead atoms. The largest absolute Gasteiger partial charge is 0.338 e. The van der Waals surface area contributed by atoms with Crippen molar-refractivity contribution in [2.24, 2.45) is 5.92 Å². The van der Waals surface area contributed by atoms with Crippen LogP contribution in [0, 0.1) is 5.92 Å². The highest BCUT2D eigenvalue weighted by Crippen LogP contribution is 2.21. The second kappa shape index (κ2) is 3.07. The summed E-state index contributed by atoms with van der Waals surface area (Å²) in [5, 5.41) is 0. The van der Waals surface area contributed by atoms with Crippen LogP contribution in [0.4, 0.5) is 0 Å². The summed E-state index contributed by atoms with van der Waals surface area (Å²) in [6.07, 6.45) is 1.03. The van der Waals surface area contributed by atoms with Gasteiger partial charge in [0.2, 0.25) is 5.91 Å². The number of nitrogens with zero attached hydrogens (tertiary/aromatic N) is 1. The summed E-state index contributed by atoms with van der Waals surface area (Å²) < 4.78 is 0. The van der Waals surface area contributed by atoms with Gasteiger partial charge in [0, 0.05) is 24.6 Å². The number of amides is 1. The minimum absolute atomic E-state index is 0.152. The van der Waals surface area contributed by atoms with Crippen LogP contribution >= 0.6 is 0 Å². The van der Waals surface area contributed by atoms with Gasteiger partial charge in [0.25, 0.3) is 0 Å². The average Bonchev–Trinajstić information content (AvgIpc) is 2.19. The molecule has 1 rings (SSSR count). The first-order valence-corrected chi connectivity index (χ1v) is 4.15. The SMILES string of the molecule is C=C1C(=O)N(CCC)CC1C. The summed E-state index contributed by atoms with van der Waals surface area (Å²) in [4.78, 5) is 13.2.